The number of aliphatic hydroxyl groups is 2. The van der Waals surface area contributed by atoms with Crippen molar-refractivity contribution in [3.63, 3.8) is 0 Å². The molecule has 1 rings (SSSR count). The first-order valence-electron chi connectivity index (χ1n) is 18.1. The SMILES string of the molecule is CCCCCCCCCCCCCC(=O)O[C@@H]1[C@@H](OC(=O)CCCCCCCCCCCCC)[C@H](O)O[C@H](CO)[C@H]1OS(=O)(=O)O. The van der Waals surface area contributed by atoms with Gasteiger partial charge in [0.15, 0.2) is 18.5 Å². The van der Waals surface area contributed by atoms with E-state index in [2.05, 4.69) is 13.8 Å². The lowest BCUT2D eigenvalue weighted by Crippen LogP contribution is -2.62. The van der Waals surface area contributed by atoms with Gasteiger partial charge in [-0.25, -0.2) is 4.18 Å². The highest BCUT2D eigenvalue weighted by molar-refractivity contribution is 7.80. The van der Waals surface area contributed by atoms with Gasteiger partial charge in [0.25, 0.3) is 0 Å². The molecule has 5 atom stereocenters. The number of aliphatic hydroxyl groups excluding tert-OH is 2. The maximum Gasteiger partial charge on any atom is 0.397 e. The summed E-state index contributed by atoms with van der Waals surface area (Å²) in [6.07, 6.45) is 16.1. The molecule has 0 aromatic carbocycles. The van der Waals surface area contributed by atoms with Crippen molar-refractivity contribution < 1.29 is 51.2 Å². The van der Waals surface area contributed by atoms with Crippen LogP contribution in [0.5, 0.6) is 0 Å². The Balaban J connectivity index is 2.57. The molecular weight excluding hydrogens is 616 g/mol. The predicted octanol–water partition coefficient (Wildman–Crippen LogP) is 7.11. The molecule has 0 aromatic rings. The largest absolute Gasteiger partial charge is 0.455 e. The van der Waals surface area contributed by atoms with Crippen molar-refractivity contribution >= 4 is 22.3 Å². The van der Waals surface area contributed by atoms with Gasteiger partial charge in [-0.1, -0.05) is 142 Å². The van der Waals surface area contributed by atoms with Crippen LogP contribution in [0.4, 0.5) is 0 Å². The number of carbonyl (C=O) groups excluding carboxylic acids is 2. The Kier molecular flexibility index (Phi) is 24.7. The van der Waals surface area contributed by atoms with E-state index in [0.717, 1.165) is 51.4 Å². The molecule has 1 aliphatic rings. The third-order valence-electron chi connectivity index (χ3n) is 8.53. The summed E-state index contributed by atoms with van der Waals surface area (Å²) < 4.78 is 53.4. The molecule has 1 aliphatic heterocycles. The highest BCUT2D eigenvalue weighted by Crippen LogP contribution is 2.29. The number of rotatable bonds is 29. The summed E-state index contributed by atoms with van der Waals surface area (Å²) in [4.78, 5) is 25.5. The Bertz CT molecular complexity index is 882. The van der Waals surface area contributed by atoms with E-state index in [-0.39, 0.29) is 12.8 Å². The van der Waals surface area contributed by atoms with Gasteiger partial charge in [-0.3, -0.25) is 14.1 Å². The zero-order chi connectivity index (χ0) is 34.0. The lowest BCUT2D eigenvalue weighted by Gasteiger charge is -2.42. The molecule has 0 amide bonds. The average Bonchev–Trinajstić information content (AvgIpc) is 3.01. The lowest BCUT2D eigenvalue weighted by molar-refractivity contribution is -0.289. The summed E-state index contributed by atoms with van der Waals surface area (Å²) in [5.74, 6) is -1.38. The van der Waals surface area contributed by atoms with Crippen LogP contribution in [-0.2, 0) is 38.4 Å². The van der Waals surface area contributed by atoms with Crippen LogP contribution in [-0.4, -0.2) is 72.4 Å². The molecule has 12 heteroatoms. The first-order valence-corrected chi connectivity index (χ1v) is 19.5. The summed E-state index contributed by atoms with van der Waals surface area (Å²) in [5, 5.41) is 20.3. The van der Waals surface area contributed by atoms with Crippen LogP contribution in [0.3, 0.4) is 0 Å². The topological polar surface area (TPSA) is 166 Å². The molecule has 272 valence electrons. The van der Waals surface area contributed by atoms with E-state index >= 15 is 0 Å². The van der Waals surface area contributed by atoms with Gasteiger partial charge in [0.1, 0.15) is 12.2 Å². The normalized spacial score (nSPS) is 21.7. The second kappa shape index (κ2) is 26.6. The molecule has 0 saturated carbocycles. The molecule has 1 saturated heterocycles. The van der Waals surface area contributed by atoms with Crippen LogP contribution in [0.2, 0.25) is 0 Å². The third-order valence-corrected chi connectivity index (χ3v) is 8.99. The summed E-state index contributed by atoms with van der Waals surface area (Å²) in [7, 11) is -5.08. The number of unbranched alkanes of at least 4 members (excludes halogenated alkanes) is 20. The van der Waals surface area contributed by atoms with Crippen LogP contribution in [0, 0.1) is 0 Å². The van der Waals surface area contributed by atoms with Crippen molar-refractivity contribution in [3.8, 4) is 0 Å². The molecule has 1 fully saturated rings. The smallest absolute Gasteiger partial charge is 0.397 e. The van der Waals surface area contributed by atoms with Crippen LogP contribution >= 0.6 is 0 Å². The zero-order valence-electron chi connectivity index (χ0n) is 28.6. The van der Waals surface area contributed by atoms with Crippen LogP contribution in [0.15, 0.2) is 0 Å². The second-order valence-corrected chi connectivity index (χ2v) is 13.8. The van der Waals surface area contributed by atoms with E-state index in [0.29, 0.717) is 12.8 Å². The molecule has 0 unspecified atom stereocenters. The summed E-state index contributed by atoms with van der Waals surface area (Å²) in [5.41, 5.74) is 0. The van der Waals surface area contributed by atoms with Crippen LogP contribution < -0.4 is 0 Å². The highest BCUT2D eigenvalue weighted by Gasteiger charge is 2.52. The molecule has 0 aliphatic carbocycles. The number of carbonyl (C=O) groups is 2. The number of ether oxygens (including phenoxy) is 3. The molecule has 11 nitrogen and oxygen atoms in total. The third kappa shape index (κ3) is 20.8. The van der Waals surface area contributed by atoms with E-state index in [1.54, 1.807) is 0 Å². The first-order chi connectivity index (χ1) is 22.1. The van der Waals surface area contributed by atoms with Gasteiger partial charge in [0, 0.05) is 12.8 Å². The van der Waals surface area contributed by atoms with Crippen molar-refractivity contribution in [1.82, 2.24) is 0 Å². The van der Waals surface area contributed by atoms with Gasteiger partial charge in [-0.15, -0.1) is 0 Å². The Morgan fingerprint density at radius 1 is 0.587 bits per heavy atom. The fourth-order valence-electron chi connectivity index (χ4n) is 5.85. The van der Waals surface area contributed by atoms with Gasteiger partial charge in [-0.05, 0) is 12.8 Å². The Hall–Kier alpha value is -1.31. The second-order valence-electron chi connectivity index (χ2n) is 12.7. The minimum absolute atomic E-state index is 0.0201. The van der Waals surface area contributed by atoms with E-state index < -0.39 is 59.7 Å². The standard InChI is InChI=1S/C34H64O11S/c1-3-5-7-9-11-13-15-17-19-21-23-25-29(36)43-32-31(45-46(39,40)41)28(27-35)42-34(38)33(32)44-30(37)26-24-22-20-18-16-14-12-10-8-6-4-2/h28,31-35,38H,3-27H2,1-2H3,(H,39,40,41)/t28-,31-,32+,33-,34-/m1/s1. The molecule has 0 spiro atoms. The Labute approximate surface area is 278 Å². The highest BCUT2D eigenvalue weighted by atomic mass is 32.3. The van der Waals surface area contributed by atoms with Crippen molar-refractivity contribution in [2.75, 3.05) is 6.61 Å². The fraction of sp³-hybridized carbons (Fsp3) is 0.941. The van der Waals surface area contributed by atoms with E-state index in [1.165, 1.54) is 77.0 Å². The maximum atomic E-state index is 12.8. The average molecular weight is 681 g/mol. The summed E-state index contributed by atoms with van der Waals surface area (Å²) in [6, 6.07) is 0. The monoisotopic (exact) mass is 680 g/mol. The molecule has 0 bridgehead atoms. The predicted molar refractivity (Wildman–Crippen MR) is 176 cm³/mol. The summed E-state index contributed by atoms with van der Waals surface area (Å²) in [6.45, 7) is 3.59. The Morgan fingerprint density at radius 2 is 0.935 bits per heavy atom. The zero-order valence-corrected chi connectivity index (χ0v) is 29.4. The van der Waals surface area contributed by atoms with Crippen molar-refractivity contribution in [1.29, 1.82) is 0 Å². The van der Waals surface area contributed by atoms with Gasteiger partial charge in [0.2, 0.25) is 0 Å². The van der Waals surface area contributed by atoms with Gasteiger partial charge < -0.3 is 24.4 Å². The van der Waals surface area contributed by atoms with Gasteiger partial charge >= 0.3 is 22.3 Å². The molecule has 46 heavy (non-hydrogen) atoms. The van der Waals surface area contributed by atoms with Crippen molar-refractivity contribution in [2.24, 2.45) is 0 Å². The maximum absolute atomic E-state index is 12.8. The Morgan fingerprint density at radius 3 is 1.28 bits per heavy atom. The molecule has 3 N–H and O–H groups in total. The van der Waals surface area contributed by atoms with Crippen LogP contribution in [0.1, 0.15) is 168 Å². The van der Waals surface area contributed by atoms with Gasteiger partial charge in [-0.2, -0.15) is 8.42 Å². The molecule has 0 aromatic heterocycles. The molecule has 0 radical (unpaired) electrons. The minimum Gasteiger partial charge on any atom is -0.455 e. The fourth-order valence-corrected chi connectivity index (χ4v) is 6.36. The number of hydrogen-bond donors (Lipinski definition) is 3. The minimum atomic E-state index is -5.08. The first kappa shape index (κ1) is 42.7. The van der Waals surface area contributed by atoms with E-state index in [9.17, 15) is 32.8 Å². The lowest BCUT2D eigenvalue weighted by atomic mass is 9.98. The summed E-state index contributed by atoms with van der Waals surface area (Å²) >= 11 is 0. The number of esters is 2. The van der Waals surface area contributed by atoms with Crippen molar-refractivity contribution in [3.05, 3.63) is 0 Å². The van der Waals surface area contributed by atoms with E-state index in [4.69, 9.17) is 18.4 Å². The molecule has 1 heterocycles. The number of hydrogen-bond acceptors (Lipinski definition) is 10. The molecular formula is C34H64O11S. The van der Waals surface area contributed by atoms with Crippen molar-refractivity contribution in [2.45, 2.75) is 199 Å². The van der Waals surface area contributed by atoms with E-state index in [1.807, 2.05) is 0 Å². The van der Waals surface area contributed by atoms with Gasteiger partial charge in [0.05, 0.1) is 6.61 Å². The van der Waals surface area contributed by atoms with Crippen LogP contribution in [0.25, 0.3) is 0 Å². The quantitative estimate of drug-likeness (QED) is 0.0419.